The molecule has 9 heteroatoms. The van der Waals surface area contributed by atoms with E-state index >= 15 is 0 Å². The molecule has 1 fully saturated rings. The lowest BCUT2D eigenvalue weighted by atomic mass is 9.85. The molecule has 6 nitrogen and oxygen atoms in total. The van der Waals surface area contributed by atoms with Gasteiger partial charge in [0.2, 0.25) is 5.13 Å². The maximum atomic E-state index is 13.6. The van der Waals surface area contributed by atoms with Crippen molar-refractivity contribution in [2.45, 2.75) is 49.2 Å². The lowest BCUT2D eigenvalue weighted by Gasteiger charge is -2.24. The average Bonchev–Trinajstić information content (AvgIpc) is 3.50. The Morgan fingerprint density at radius 3 is 2.25 bits per heavy atom. The molecule has 1 atom stereocenters. The van der Waals surface area contributed by atoms with Gasteiger partial charge in [-0.25, -0.2) is 4.39 Å². The SMILES string of the molecule is Cc1ccc(CSc2nnc(N3C(=O)C(=O)/C(=C(\O)c4ccc(F)cc4)C3c3ccc(C(C)(C)C)cc3)s2)cc1. The van der Waals surface area contributed by atoms with Crippen LogP contribution in [0.4, 0.5) is 9.52 Å². The predicted octanol–water partition coefficient (Wildman–Crippen LogP) is 7.20. The van der Waals surface area contributed by atoms with Gasteiger partial charge in [0.15, 0.2) is 4.34 Å². The Balaban J connectivity index is 1.54. The molecule has 40 heavy (non-hydrogen) atoms. The molecule has 1 unspecified atom stereocenters. The number of amides is 1. The summed E-state index contributed by atoms with van der Waals surface area (Å²) >= 11 is 2.71. The highest BCUT2D eigenvalue weighted by atomic mass is 32.2. The Morgan fingerprint density at radius 1 is 0.975 bits per heavy atom. The molecule has 1 N–H and O–H groups in total. The van der Waals surface area contributed by atoms with E-state index in [0.29, 0.717) is 15.7 Å². The summed E-state index contributed by atoms with van der Waals surface area (Å²) < 4.78 is 14.2. The van der Waals surface area contributed by atoms with Crippen molar-refractivity contribution >= 4 is 45.7 Å². The van der Waals surface area contributed by atoms with Gasteiger partial charge in [-0.1, -0.05) is 98.0 Å². The highest BCUT2D eigenvalue weighted by molar-refractivity contribution is 8.00. The van der Waals surface area contributed by atoms with Crippen molar-refractivity contribution in [1.29, 1.82) is 0 Å². The summed E-state index contributed by atoms with van der Waals surface area (Å²) in [4.78, 5) is 28.1. The van der Waals surface area contributed by atoms with E-state index in [2.05, 4.69) is 43.1 Å². The maximum Gasteiger partial charge on any atom is 0.301 e. The van der Waals surface area contributed by atoms with E-state index in [1.807, 2.05) is 43.3 Å². The normalized spacial score (nSPS) is 17.0. The van der Waals surface area contributed by atoms with E-state index in [1.165, 1.54) is 57.8 Å². The molecule has 0 radical (unpaired) electrons. The molecule has 1 amide bonds. The molecule has 1 aromatic heterocycles. The van der Waals surface area contributed by atoms with Gasteiger partial charge in [0.1, 0.15) is 11.6 Å². The fourth-order valence-electron chi connectivity index (χ4n) is 4.46. The van der Waals surface area contributed by atoms with Crippen LogP contribution in [0, 0.1) is 12.7 Å². The number of hydrogen-bond acceptors (Lipinski definition) is 7. The molecule has 204 valence electrons. The minimum atomic E-state index is -0.929. The van der Waals surface area contributed by atoms with Crippen LogP contribution in [0.2, 0.25) is 0 Å². The number of hydrogen-bond donors (Lipinski definition) is 1. The summed E-state index contributed by atoms with van der Waals surface area (Å²) in [6.45, 7) is 8.32. The molecule has 4 aromatic rings. The lowest BCUT2D eigenvalue weighted by molar-refractivity contribution is -0.132. The molecule has 5 rings (SSSR count). The smallest absolute Gasteiger partial charge is 0.301 e. The molecule has 1 aliphatic rings. The molecular weight excluding hydrogens is 545 g/mol. The van der Waals surface area contributed by atoms with Crippen LogP contribution in [0.3, 0.4) is 0 Å². The van der Waals surface area contributed by atoms with Crippen molar-refractivity contribution in [1.82, 2.24) is 10.2 Å². The van der Waals surface area contributed by atoms with Gasteiger partial charge in [-0.2, -0.15) is 0 Å². The first kappa shape index (κ1) is 27.7. The van der Waals surface area contributed by atoms with Gasteiger partial charge in [-0.15, -0.1) is 10.2 Å². The monoisotopic (exact) mass is 573 g/mol. The lowest BCUT2D eigenvalue weighted by Crippen LogP contribution is -2.29. The minimum absolute atomic E-state index is 0.0795. The Bertz CT molecular complexity index is 1590. The molecule has 0 bridgehead atoms. The Labute approximate surface area is 240 Å². The van der Waals surface area contributed by atoms with Gasteiger partial charge in [-0.3, -0.25) is 14.5 Å². The number of aliphatic hydroxyl groups excluding tert-OH is 1. The summed E-state index contributed by atoms with van der Waals surface area (Å²) in [5.74, 6) is -1.81. The standard InChI is InChI=1S/C31H28FN3O3S2/c1-18-5-7-19(8-6-18)17-39-30-34-33-29(40-30)35-25(20-9-13-22(14-10-20)31(2,3)4)24(27(37)28(35)38)26(36)21-11-15-23(32)16-12-21/h5-16,25,36H,17H2,1-4H3/b26-24-. The molecule has 0 saturated carbocycles. The van der Waals surface area contributed by atoms with Crippen LogP contribution < -0.4 is 4.90 Å². The summed E-state index contributed by atoms with van der Waals surface area (Å²) in [5, 5.41) is 20.0. The molecule has 1 aliphatic heterocycles. The zero-order valence-corrected chi connectivity index (χ0v) is 24.1. The van der Waals surface area contributed by atoms with Crippen LogP contribution in [-0.2, 0) is 20.8 Å². The van der Waals surface area contributed by atoms with E-state index in [0.717, 1.165) is 11.1 Å². The van der Waals surface area contributed by atoms with Gasteiger partial charge >= 0.3 is 5.91 Å². The average molecular weight is 574 g/mol. The largest absolute Gasteiger partial charge is 0.507 e. The third-order valence-corrected chi connectivity index (χ3v) is 8.87. The number of ketones is 1. The number of anilines is 1. The Kier molecular flexibility index (Phi) is 7.61. The van der Waals surface area contributed by atoms with Crippen LogP contribution in [0.25, 0.3) is 5.76 Å². The highest BCUT2D eigenvalue weighted by Gasteiger charge is 2.48. The van der Waals surface area contributed by atoms with Crippen molar-refractivity contribution < 1.29 is 19.1 Å². The van der Waals surface area contributed by atoms with Gasteiger partial charge in [0, 0.05) is 11.3 Å². The quantitative estimate of drug-likeness (QED) is 0.0863. The number of halogens is 1. The fourth-order valence-corrected chi connectivity index (χ4v) is 6.28. The van der Waals surface area contributed by atoms with Crippen molar-refractivity contribution in [3.8, 4) is 0 Å². The number of Topliss-reactive ketones (excluding diaryl/α,β-unsaturated/α-hetero) is 1. The third-order valence-electron chi connectivity index (χ3n) is 6.74. The molecule has 1 saturated heterocycles. The predicted molar refractivity (Wildman–Crippen MR) is 157 cm³/mol. The number of nitrogens with zero attached hydrogens (tertiary/aromatic N) is 3. The molecule has 0 aliphatic carbocycles. The number of rotatable bonds is 6. The van der Waals surface area contributed by atoms with Crippen molar-refractivity contribution in [3.63, 3.8) is 0 Å². The van der Waals surface area contributed by atoms with Crippen LogP contribution >= 0.6 is 23.1 Å². The maximum absolute atomic E-state index is 13.6. The highest BCUT2D eigenvalue weighted by Crippen LogP contribution is 2.44. The van der Waals surface area contributed by atoms with Gasteiger partial charge in [0.05, 0.1) is 11.6 Å². The number of aryl methyl sites for hydroxylation is 1. The minimum Gasteiger partial charge on any atom is -0.507 e. The summed E-state index contributed by atoms with van der Waals surface area (Å²) in [6, 6.07) is 20.0. The van der Waals surface area contributed by atoms with E-state index < -0.39 is 23.5 Å². The number of carbonyl (C=O) groups is 2. The van der Waals surface area contributed by atoms with Crippen molar-refractivity contribution in [3.05, 3.63) is 112 Å². The first-order valence-electron chi connectivity index (χ1n) is 12.7. The number of thioether (sulfide) groups is 1. The first-order valence-corrected chi connectivity index (χ1v) is 14.5. The zero-order valence-electron chi connectivity index (χ0n) is 22.5. The van der Waals surface area contributed by atoms with Crippen LogP contribution in [0.5, 0.6) is 0 Å². The van der Waals surface area contributed by atoms with Gasteiger partial charge < -0.3 is 5.11 Å². The van der Waals surface area contributed by atoms with Crippen molar-refractivity contribution in [2.75, 3.05) is 4.90 Å². The Morgan fingerprint density at radius 2 is 1.62 bits per heavy atom. The molecular formula is C31H28FN3O3S2. The van der Waals surface area contributed by atoms with Crippen molar-refractivity contribution in [2.24, 2.45) is 0 Å². The van der Waals surface area contributed by atoms with Crippen LogP contribution in [0.1, 0.15) is 54.6 Å². The molecule has 0 spiro atoms. The van der Waals surface area contributed by atoms with Crippen LogP contribution in [-0.4, -0.2) is 27.0 Å². The second-order valence-electron chi connectivity index (χ2n) is 10.7. The van der Waals surface area contributed by atoms with E-state index in [-0.39, 0.29) is 27.4 Å². The summed E-state index contributed by atoms with van der Waals surface area (Å²) in [5.41, 5.74) is 4.09. The van der Waals surface area contributed by atoms with Crippen LogP contribution in [0.15, 0.2) is 82.7 Å². The summed E-state index contributed by atoms with van der Waals surface area (Å²) in [7, 11) is 0. The number of carbonyl (C=O) groups excluding carboxylic acids is 2. The van der Waals surface area contributed by atoms with E-state index in [4.69, 9.17) is 0 Å². The van der Waals surface area contributed by atoms with E-state index in [9.17, 15) is 19.1 Å². The number of benzene rings is 3. The topological polar surface area (TPSA) is 83.4 Å². The Hall–Kier alpha value is -3.82. The summed E-state index contributed by atoms with van der Waals surface area (Å²) in [6.07, 6.45) is 0. The molecule has 3 aromatic carbocycles. The van der Waals surface area contributed by atoms with E-state index in [1.54, 1.807) is 0 Å². The second kappa shape index (κ2) is 11.0. The fraction of sp³-hybridized carbons (Fsp3) is 0.226. The first-order chi connectivity index (χ1) is 19.0. The van der Waals surface area contributed by atoms with Gasteiger partial charge in [-0.05, 0) is 53.3 Å². The number of aromatic nitrogens is 2. The number of aliphatic hydroxyl groups is 1. The zero-order chi connectivity index (χ0) is 28.6. The van der Waals surface area contributed by atoms with Gasteiger partial charge in [0.25, 0.3) is 5.78 Å². The molecule has 2 heterocycles. The third kappa shape index (κ3) is 5.57. The second-order valence-corrected chi connectivity index (χ2v) is 12.9.